The van der Waals surface area contributed by atoms with Gasteiger partial charge in [-0.3, -0.25) is 9.69 Å². The molecule has 1 fully saturated rings. The van der Waals surface area contributed by atoms with Crippen molar-refractivity contribution in [2.75, 3.05) is 24.1 Å². The molecule has 1 aromatic rings. The summed E-state index contributed by atoms with van der Waals surface area (Å²) in [7, 11) is 0. The molecule has 1 amide bonds. The lowest BCUT2D eigenvalue weighted by Gasteiger charge is -2.37. The van der Waals surface area contributed by atoms with Gasteiger partial charge < -0.3 is 11.1 Å². The van der Waals surface area contributed by atoms with Crippen molar-refractivity contribution in [1.29, 1.82) is 0 Å². The Labute approximate surface area is 140 Å². The number of carbonyl (C=O) groups excluding carboxylic acids is 1. The second kappa shape index (κ2) is 7.82. The predicted molar refractivity (Wildman–Crippen MR) is 97.5 cm³/mol. The molecule has 0 saturated carbocycles. The summed E-state index contributed by atoms with van der Waals surface area (Å²) < 4.78 is 0. The zero-order chi connectivity index (χ0) is 17.0. The summed E-state index contributed by atoms with van der Waals surface area (Å²) in [4.78, 5) is 15.1. The number of amides is 1. The first-order valence-electron chi connectivity index (χ1n) is 8.85. The smallest absolute Gasteiger partial charge is 0.241 e. The van der Waals surface area contributed by atoms with Crippen LogP contribution in [0.2, 0.25) is 0 Å². The molecule has 4 nitrogen and oxygen atoms in total. The number of nitrogens with one attached hydrogen (secondary N) is 1. The molecule has 1 aromatic carbocycles. The lowest BCUT2D eigenvalue weighted by Crippen LogP contribution is -2.50. The zero-order valence-corrected chi connectivity index (χ0v) is 14.9. The number of nitrogens with two attached hydrogens (primary N) is 1. The first-order valence-corrected chi connectivity index (χ1v) is 8.85. The molecule has 4 heteroatoms. The quantitative estimate of drug-likeness (QED) is 0.817. The number of nitrogens with zero attached hydrogens (tertiary/aromatic N) is 1. The van der Waals surface area contributed by atoms with Crippen molar-refractivity contribution in [3.63, 3.8) is 0 Å². The monoisotopic (exact) mass is 317 g/mol. The fourth-order valence-corrected chi connectivity index (χ4v) is 3.41. The average molecular weight is 317 g/mol. The van der Waals surface area contributed by atoms with Crippen molar-refractivity contribution >= 4 is 17.3 Å². The van der Waals surface area contributed by atoms with E-state index in [1.165, 1.54) is 12.8 Å². The Hall–Kier alpha value is -1.55. The van der Waals surface area contributed by atoms with E-state index in [4.69, 9.17) is 5.73 Å². The topological polar surface area (TPSA) is 58.4 Å². The Bertz CT molecular complexity index is 533. The molecule has 1 saturated heterocycles. The Morgan fingerprint density at radius 1 is 1.35 bits per heavy atom. The first kappa shape index (κ1) is 17.8. The van der Waals surface area contributed by atoms with Gasteiger partial charge in [0, 0.05) is 11.4 Å². The largest absolute Gasteiger partial charge is 0.398 e. The van der Waals surface area contributed by atoms with E-state index >= 15 is 0 Å². The van der Waals surface area contributed by atoms with Crippen LogP contribution in [-0.2, 0) is 11.2 Å². The fourth-order valence-electron chi connectivity index (χ4n) is 3.41. The molecule has 23 heavy (non-hydrogen) atoms. The van der Waals surface area contributed by atoms with Crippen LogP contribution < -0.4 is 11.1 Å². The minimum Gasteiger partial charge on any atom is -0.398 e. The highest BCUT2D eigenvalue weighted by Crippen LogP contribution is 2.23. The number of likely N-dealkylation sites (tertiary alicyclic amines) is 1. The van der Waals surface area contributed by atoms with Crippen LogP contribution in [0, 0.1) is 11.8 Å². The van der Waals surface area contributed by atoms with E-state index in [0.29, 0.717) is 0 Å². The number of carbonyl (C=O) groups is 1. The van der Waals surface area contributed by atoms with Gasteiger partial charge in [0.05, 0.1) is 6.04 Å². The summed E-state index contributed by atoms with van der Waals surface area (Å²) in [6.45, 7) is 10.6. The summed E-state index contributed by atoms with van der Waals surface area (Å²) in [6, 6.07) is 5.74. The van der Waals surface area contributed by atoms with Crippen molar-refractivity contribution < 1.29 is 4.79 Å². The van der Waals surface area contributed by atoms with Gasteiger partial charge in [-0.15, -0.1) is 0 Å². The van der Waals surface area contributed by atoms with Crippen molar-refractivity contribution in [1.82, 2.24) is 4.90 Å². The van der Waals surface area contributed by atoms with Gasteiger partial charge in [-0.25, -0.2) is 0 Å². The molecule has 0 aromatic heterocycles. The highest BCUT2D eigenvalue weighted by molar-refractivity contribution is 5.95. The zero-order valence-electron chi connectivity index (χ0n) is 14.9. The standard InChI is InChI=1S/C19H31N3O/c1-5-15-6-7-16(12-17(15)20)21-19(23)18(13(2)3)22-10-8-14(4)9-11-22/h6-7,12-14,18H,5,8-11,20H2,1-4H3,(H,21,23). The molecule has 0 radical (unpaired) electrons. The highest BCUT2D eigenvalue weighted by Gasteiger charge is 2.31. The van der Waals surface area contributed by atoms with Crippen LogP contribution in [0.15, 0.2) is 18.2 Å². The number of benzene rings is 1. The molecular formula is C19H31N3O. The van der Waals surface area contributed by atoms with Crippen LogP contribution in [-0.4, -0.2) is 29.9 Å². The maximum Gasteiger partial charge on any atom is 0.241 e. The third kappa shape index (κ3) is 4.47. The lowest BCUT2D eigenvalue weighted by atomic mass is 9.94. The number of hydrogen-bond donors (Lipinski definition) is 2. The van der Waals surface area contributed by atoms with Crippen LogP contribution in [0.4, 0.5) is 11.4 Å². The number of aryl methyl sites for hydroxylation is 1. The SMILES string of the molecule is CCc1ccc(NC(=O)C(C(C)C)N2CCC(C)CC2)cc1N. The van der Waals surface area contributed by atoms with E-state index < -0.39 is 0 Å². The van der Waals surface area contributed by atoms with Gasteiger partial charge in [-0.05, 0) is 61.9 Å². The van der Waals surface area contributed by atoms with E-state index in [9.17, 15) is 4.79 Å². The van der Waals surface area contributed by atoms with Crippen LogP contribution >= 0.6 is 0 Å². The number of rotatable bonds is 5. The third-order valence-electron chi connectivity index (χ3n) is 4.91. The first-order chi connectivity index (χ1) is 10.9. The Kier molecular flexibility index (Phi) is 6.05. The van der Waals surface area contributed by atoms with Crippen molar-refractivity contribution in [3.05, 3.63) is 23.8 Å². The van der Waals surface area contributed by atoms with Gasteiger partial charge >= 0.3 is 0 Å². The van der Waals surface area contributed by atoms with Crippen molar-refractivity contribution in [2.45, 2.75) is 53.0 Å². The van der Waals surface area contributed by atoms with E-state index in [1.54, 1.807) is 0 Å². The molecule has 0 aliphatic carbocycles. The van der Waals surface area contributed by atoms with Gasteiger partial charge in [0.25, 0.3) is 0 Å². The summed E-state index contributed by atoms with van der Waals surface area (Å²) in [5.41, 5.74) is 8.70. The summed E-state index contributed by atoms with van der Waals surface area (Å²) in [6.07, 6.45) is 3.25. The van der Waals surface area contributed by atoms with Crippen LogP contribution in [0.1, 0.15) is 46.1 Å². The third-order valence-corrected chi connectivity index (χ3v) is 4.91. The number of nitrogen functional groups attached to an aromatic ring is 1. The highest BCUT2D eigenvalue weighted by atomic mass is 16.2. The van der Waals surface area contributed by atoms with Crippen molar-refractivity contribution in [2.24, 2.45) is 11.8 Å². The molecule has 2 rings (SSSR count). The Morgan fingerprint density at radius 2 is 2.00 bits per heavy atom. The second-order valence-corrected chi connectivity index (χ2v) is 7.16. The fraction of sp³-hybridized carbons (Fsp3) is 0.632. The number of hydrogen-bond acceptors (Lipinski definition) is 3. The van der Waals surface area contributed by atoms with Gasteiger partial charge in [0.2, 0.25) is 5.91 Å². The minimum atomic E-state index is -0.0745. The Balaban J connectivity index is 2.08. The van der Waals surface area contributed by atoms with Gasteiger partial charge in [0.15, 0.2) is 0 Å². The van der Waals surface area contributed by atoms with Gasteiger partial charge in [0.1, 0.15) is 0 Å². The van der Waals surface area contributed by atoms with E-state index in [0.717, 1.165) is 42.4 Å². The molecule has 1 atom stereocenters. The van der Waals surface area contributed by atoms with E-state index in [2.05, 4.69) is 37.9 Å². The molecule has 1 aliphatic heterocycles. The molecule has 1 unspecified atom stereocenters. The van der Waals surface area contributed by atoms with Crippen LogP contribution in [0.25, 0.3) is 0 Å². The maximum absolute atomic E-state index is 12.8. The molecule has 0 bridgehead atoms. The van der Waals surface area contributed by atoms with Gasteiger partial charge in [-0.1, -0.05) is 33.8 Å². The second-order valence-electron chi connectivity index (χ2n) is 7.16. The van der Waals surface area contributed by atoms with Crippen LogP contribution in [0.5, 0.6) is 0 Å². The van der Waals surface area contributed by atoms with E-state index in [-0.39, 0.29) is 17.9 Å². The molecule has 3 N–H and O–H groups in total. The summed E-state index contributed by atoms with van der Waals surface area (Å²) in [5.74, 6) is 1.14. The van der Waals surface area contributed by atoms with E-state index in [1.807, 2.05) is 18.2 Å². The normalized spacial score (nSPS) is 18.1. The molecule has 1 heterocycles. The maximum atomic E-state index is 12.8. The van der Waals surface area contributed by atoms with Crippen molar-refractivity contribution in [3.8, 4) is 0 Å². The molecule has 1 aliphatic rings. The molecule has 0 spiro atoms. The van der Waals surface area contributed by atoms with Gasteiger partial charge in [-0.2, -0.15) is 0 Å². The van der Waals surface area contributed by atoms with Crippen LogP contribution in [0.3, 0.4) is 0 Å². The lowest BCUT2D eigenvalue weighted by molar-refractivity contribution is -0.123. The molecular weight excluding hydrogens is 286 g/mol. The average Bonchev–Trinajstić information content (AvgIpc) is 2.49. The Morgan fingerprint density at radius 3 is 2.52 bits per heavy atom. The number of anilines is 2. The summed E-state index contributed by atoms with van der Waals surface area (Å²) in [5, 5.41) is 3.06. The minimum absolute atomic E-state index is 0.0745. The molecule has 128 valence electrons. The summed E-state index contributed by atoms with van der Waals surface area (Å²) >= 11 is 0. The predicted octanol–water partition coefficient (Wildman–Crippen LogP) is 3.53. The number of piperidine rings is 1.